The van der Waals surface area contributed by atoms with E-state index < -0.39 is 53.0 Å². The van der Waals surface area contributed by atoms with Gasteiger partial charge in [-0.25, -0.2) is 0 Å². The van der Waals surface area contributed by atoms with Gasteiger partial charge >= 0.3 is 17.9 Å². The SMILES string of the molecule is CCCC1(SCC(NC(=O)CCC(N)C(=O)O)C(=O)NCC(=O)O)C=CC2CC(Cc3ccncc3)=CC3C(=O)OC1=C23. The molecular formula is C30H36N4O8S. The Morgan fingerprint density at radius 3 is 2.65 bits per heavy atom. The number of carbonyl (C=O) groups excluding carboxylic acids is 3. The second kappa shape index (κ2) is 14.0. The fourth-order valence-electron chi connectivity index (χ4n) is 5.62. The van der Waals surface area contributed by atoms with Crippen LogP contribution in [0.3, 0.4) is 0 Å². The number of aromatic nitrogens is 1. The zero-order valence-corrected chi connectivity index (χ0v) is 24.6. The van der Waals surface area contributed by atoms with Crippen molar-refractivity contribution >= 4 is 41.5 Å². The summed E-state index contributed by atoms with van der Waals surface area (Å²) in [5, 5.41) is 22.9. The van der Waals surface area contributed by atoms with E-state index in [9.17, 15) is 24.0 Å². The average molecular weight is 613 g/mol. The molecule has 1 aromatic heterocycles. The molecule has 0 saturated carbocycles. The van der Waals surface area contributed by atoms with E-state index in [1.54, 1.807) is 12.4 Å². The van der Waals surface area contributed by atoms with Gasteiger partial charge in [-0.2, -0.15) is 0 Å². The minimum Gasteiger partial charge on any atom is -0.480 e. The molecular weight excluding hydrogens is 576 g/mol. The molecule has 5 unspecified atom stereocenters. The van der Waals surface area contributed by atoms with Crippen LogP contribution in [0.4, 0.5) is 0 Å². The minimum absolute atomic E-state index is 0.00771. The smallest absolute Gasteiger partial charge is 0.322 e. The number of carboxylic acid groups (broad SMARTS) is 2. The van der Waals surface area contributed by atoms with Crippen LogP contribution in [-0.4, -0.2) is 74.0 Å². The Morgan fingerprint density at radius 1 is 1.23 bits per heavy atom. The largest absolute Gasteiger partial charge is 0.480 e. The number of pyridine rings is 1. The van der Waals surface area contributed by atoms with E-state index in [4.69, 9.17) is 20.7 Å². The summed E-state index contributed by atoms with van der Waals surface area (Å²) in [6, 6.07) is 1.54. The molecule has 230 valence electrons. The van der Waals surface area contributed by atoms with Gasteiger partial charge in [-0.05, 0) is 49.0 Å². The number of hydrogen-bond acceptors (Lipinski definition) is 9. The zero-order chi connectivity index (χ0) is 31.1. The van der Waals surface area contributed by atoms with Gasteiger partial charge in [0.15, 0.2) is 0 Å². The van der Waals surface area contributed by atoms with E-state index in [1.807, 2.05) is 31.2 Å². The number of carbonyl (C=O) groups is 5. The van der Waals surface area contributed by atoms with Gasteiger partial charge in [0.05, 0.1) is 4.75 Å². The van der Waals surface area contributed by atoms with Crippen molar-refractivity contribution in [3.05, 3.63) is 65.2 Å². The molecule has 0 fully saturated rings. The lowest BCUT2D eigenvalue weighted by Gasteiger charge is -2.37. The maximum absolute atomic E-state index is 13.2. The number of thioether (sulfide) groups is 1. The highest BCUT2D eigenvalue weighted by atomic mass is 32.2. The standard InChI is InChI=1S/C30H36N4O8S/c1-2-8-30(43-16-22(27(38)33-15-24(36)37)34-23(35)4-3-21(31)28(39)40)9-5-19-13-18(12-17-6-10-32-11-7-17)14-20-25(19)26(30)42-29(20)41/h5-7,9-11,14,19-22H,2-4,8,12-13,15-16,31H2,1H3,(H,33,38)(H,34,35)(H,36,37)(H,39,40). The van der Waals surface area contributed by atoms with E-state index in [0.717, 1.165) is 29.6 Å². The predicted octanol–water partition coefficient (Wildman–Crippen LogP) is 1.72. The monoisotopic (exact) mass is 612 g/mol. The second-order valence-electron chi connectivity index (χ2n) is 10.9. The summed E-state index contributed by atoms with van der Waals surface area (Å²) in [7, 11) is 0. The lowest BCUT2D eigenvalue weighted by Crippen LogP contribution is -2.50. The van der Waals surface area contributed by atoms with Crippen molar-refractivity contribution < 1.29 is 38.9 Å². The Labute approximate surface area is 253 Å². The molecule has 2 heterocycles. The van der Waals surface area contributed by atoms with Gasteiger partial charge in [-0.3, -0.25) is 29.0 Å². The highest BCUT2D eigenvalue weighted by Gasteiger charge is 2.50. The van der Waals surface area contributed by atoms with Gasteiger partial charge in [-0.15, -0.1) is 11.8 Å². The maximum atomic E-state index is 13.2. The van der Waals surface area contributed by atoms with Gasteiger partial charge in [0.25, 0.3) is 0 Å². The molecule has 2 aliphatic carbocycles. The molecule has 3 aliphatic rings. The van der Waals surface area contributed by atoms with Crippen molar-refractivity contribution in [3.8, 4) is 0 Å². The first-order chi connectivity index (χ1) is 20.5. The van der Waals surface area contributed by atoms with Gasteiger partial charge in [-0.1, -0.05) is 37.1 Å². The first kappa shape index (κ1) is 32.0. The number of esters is 1. The fourth-order valence-corrected chi connectivity index (χ4v) is 7.13. The van der Waals surface area contributed by atoms with Crippen LogP contribution >= 0.6 is 11.8 Å². The third-order valence-corrected chi connectivity index (χ3v) is 9.24. The third-order valence-electron chi connectivity index (χ3n) is 7.69. The molecule has 12 nitrogen and oxygen atoms in total. The Morgan fingerprint density at radius 2 is 1.98 bits per heavy atom. The molecule has 0 bridgehead atoms. The number of nitrogens with one attached hydrogen (secondary N) is 2. The first-order valence-electron chi connectivity index (χ1n) is 14.2. The molecule has 0 spiro atoms. The van der Waals surface area contributed by atoms with E-state index >= 15 is 0 Å². The van der Waals surface area contributed by atoms with Crippen molar-refractivity contribution in [2.24, 2.45) is 17.6 Å². The Balaban J connectivity index is 1.54. The number of ether oxygens (including phenoxy) is 1. The van der Waals surface area contributed by atoms with Crippen LogP contribution in [-0.2, 0) is 35.1 Å². The van der Waals surface area contributed by atoms with Crippen LogP contribution in [0.1, 0.15) is 44.6 Å². The lowest BCUT2D eigenvalue weighted by atomic mass is 9.72. The summed E-state index contributed by atoms with van der Waals surface area (Å²) < 4.78 is 5.19. The molecule has 0 saturated heterocycles. The van der Waals surface area contributed by atoms with Crippen molar-refractivity contribution in [2.75, 3.05) is 12.3 Å². The summed E-state index contributed by atoms with van der Waals surface area (Å²) in [5.41, 5.74) is 8.67. The van der Waals surface area contributed by atoms with Crippen molar-refractivity contribution in [2.45, 2.75) is 62.3 Å². The first-order valence-corrected chi connectivity index (χ1v) is 15.2. The van der Waals surface area contributed by atoms with Crippen LogP contribution in [0.25, 0.3) is 0 Å². The molecule has 1 aliphatic heterocycles. The number of amides is 2. The number of carboxylic acids is 2. The van der Waals surface area contributed by atoms with E-state index in [2.05, 4.69) is 21.7 Å². The van der Waals surface area contributed by atoms with Gasteiger partial charge < -0.3 is 31.3 Å². The van der Waals surface area contributed by atoms with Gasteiger partial charge in [0.1, 0.15) is 30.3 Å². The Bertz CT molecular complexity index is 1360. The normalized spacial score (nSPS) is 23.5. The predicted molar refractivity (Wildman–Crippen MR) is 157 cm³/mol. The summed E-state index contributed by atoms with van der Waals surface area (Å²) in [6.07, 6.45) is 12.0. The maximum Gasteiger partial charge on any atom is 0.322 e. The summed E-state index contributed by atoms with van der Waals surface area (Å²) >= 11 is 1.34. The fraction of sp³-hybridized carbons (Fsp3) is 0.467. The summed E-state index contributed by atoms with van der Waals surface area (Å²) in [6.45, 7) is 1.37. The van der Waals surface area contributed by atoms with Crippen LogP contribution in [0, 0.1) is 11.8 Å². The molecule has 43 heavy (non-hydrogen) atoms. The highest BCUT2D eigenvalue weighted by molar-refractivity contribution is 8.01. The quantitative estimate of drug-likeness (QED) is 0.143. The number of aliphatic carboxylic acids is 2. The number of rotatable bonds is 15. The number of hydrogen-bond donors (Lipinski definition) is 5. The van der Waals surface area contributed by atoms with E-state index in [1.165, 1.54) is 11.8 Å². The topological polar surface area (TPSA) is 198 Å². The Hall–Kier alpha value is -3.97. The van der Waals surface area contributed by atoms with Gasteiger partial charge in [0, 0.05) is 30.5 Å². The van der Waals surface area contributed by atoms with E-state index in [-0.39, 0.29) is 30.5 Å². The molecule has 5 atom stereocenters. The summed E-state index contributed by atoms with van der Waals surface area (Å²) in [5.74, 6) is -4.02. The molecule has 4 rings (SSSR count). The van der Waals surface area contributed by atoms with Crippen LogP contribution in [0.15, 0.2) is 59.7 Å². The van der Waals surface area contributed by atoms with Gasteiger partial charge in [0.2, 0.25) is 11.8 Å². The third kappa shape index (κ3) is 7.71. The molecule has 6 N–H and O–H groups in total. The van der Waals surface area contributed by atoms with E-state index in [0.29, 0.717) is 18.6 Å². The molecule has 0 radical (unpaired) electrons. The second-order valence-corrected chi connectivity index (χ2v) is 12.2. The van der Waals surface area contributed by atoms with Crippen molar-refractivity contribution in [3.63, 3.8) is 0 Å². The number of allylic oxidation sites excluding steroid dienone is 2. The lowest BCUT2D eigenvalue weighted by molar-refractivity contribution is -0.140. The summed E-state index contributed by atoms with van der Waals surface area (Å²) in [4.78, 5) is 64.9. The molecule has 13 heteroatoms. The molecule has 1 aromatic rings. The van der Waals surface area contributed by atoms with Crippen LogP contribution in [0.5, 0.6) is 0 Å². The van der Waals surface area contributed by atoms with Crippen LogP contribution < -0.4 is 16.4 Å². The van der Waals surface area contributed by atoms with Crippen LogP contribution in [0.2, 0.25) is 0 Å². The highest BCUT2D eigenvalue weighted by Crippen LogP contribution is 2.53. The van der Waals surface area contributed by atoms with Crippen molar-refractivity contribution in [1.29, 1.82) is 0 Å². The number of nitrogens with two attached hydrogens (primary N) is 1. The zero-order valence-electron chi connectivity index (χ0n) is 23.8. The number of nitrogens with zero attached hydrogens (tertiary/aromatic N) is 1. The molecule has 0 aromatic carbocycles. The average Bonchev–Trinajstić information content (AvgIpc) is 3.32. The Kier molecular flexibility index (Phi) is 10.4. The molecule has 2 amide bonds. The van der Waals surface area contributed by atoms with Crippen molar-refractivity contribution in [1.82, 2.24) is 15.6 Å². The minimum atomic E-state index is -1.25.